The lowest BCUT2D eigenvalue weighted by molar-refractivity contribution is 0.205. The van der Waals surface area contributed by atoms with Gasteiger partial charge in [0.15, 0.2) is 11.8 Å². The zero-order valence-electron chi connectivity index (χ0n) is 18.5. The Kier molecular flexibility index (Phi) is 4.64. The van der Waals surface area contributed by atoms with E-state index >= 15 is 0 Å². The molecule has 33 heavy (non-hydrogen) atoms. The van der Waals surface area contributed by atoms with Crippen LogP contribution >= 0.6 is 11.3 Å². The average molecular weight is 465 g/mol. The lowest BCUT2D eigenvalue weighted by Gasteiger charge is -2.36. The minimum absolute atomic E-state index is 0.143. The van der Waals surface area contributed by atoms with Crippen LogP contribution in [0.25, 0.3) is 5.83 Å². The van der Waals surface area contributed by atoms with Crippen molar-refractivity contribution < 1.29 is 9.13 Å². The van der Waals surface area contributed by atoms with Gasteiger partial charge in [-0.25, -0.2) is 9.38 Å². The topological polar surface area (TPSA) is 98.7 Å². The largest absolute Gasteiger partial charge is 0.389 e. The molecular weight excluding hydrogens is 439 g/mol. The third-order valence-electron chi connectivity index (χ3n) is 7.25. The highest BCUT2D eigenvalue weighted by Gasteiger charge is 2.41. The first kappa shape index (κ1) is 20.5. The fourth-order valence-corrected chi connectivity index (χ4v) is 6.57. The number of guanidine groups is 1. The lowest BCUT2D eigenvalue weighted by Crippen LogP contribution is -2.43. The number of likely N-dealkylation sites (tertiary alicyclic amines) is 1. The molecule has 0 spiro atoms. The smallest absolute Gasteiger partial charge is 0.198 e. The van der Waals surface area contributed by atoms with Crippen LogP contribution in [0.4, 0.5) is 9.39 Å². The molecule has 3 unspecified atom stereocenters. The summed E-state index contributed by atoms with van der Waals surface area (Å²) in [6, 6.07) is 1.68. The zero-order chi connectivity index (χ0) is 22.9. The van der Waals surface area contributed by atoms with Crippen molar-refractivity contribution in [3.63, 3.8) is 0 Å². The van der Waals surface area contributed by atoms with Gasteiger partial charge >= 0.3 is 0 Å². The van der Waals surface area contributed by atoms with E-state index in [2.05, 4.69) is 41.7 Å². The van der Waals surface area contributed by atoms with E-state index in [9.17, 15) is 9.65 Å². The minimum Gasteiger partial charge on any atom is -0.389 e. The van der Waals surface area contributed by atoms with Crippen LogP contribution in [0, 0.1) is 17.2 Å². The molecule has 1 aliphatic carbocycles. The predicted octanol–water partition coefficient (Wildman–Crippen LogP) is 3.32. The summed E-state index contributed by atoms with van der Waals surface area (Å²) in [7, 11) is 0. The Morgan fingerprint density at radius 2 is 2.15 bits per heavy atom. The van der Waals surface area contributed by atoms with E-state index in [-0.39, 0.29) is 12.1 Å². The first-order valence-corrected chi connectivity index (χ1v) is 12.0. The van der Waals surface area contributed by atoms with Gasteiger partial charge in [0.05, 0.1) is 29.7 Å². The lowest BCUT2D eigenvalue weighted by atomic mass is 9.76. The molecule has 4 N–H and O–H groups in total. The number of nitrogen functional groups attached to an aromatic ring is 1. The zero-order valence-corrected chi connectivity index (χ0v) is 19.4. The molecular formula is C24H25FN6OS. The van der Waals surface area contributed by atoms with E-state index in [0.717, 1.165) is 64.7 Å². The van der Waals surface area contributed by atoms with Crippen LogP contribution in [0.15, 0.2) is 45.3 Å². The Balaban J connectivity index is 1.49. The Labute approximate surface area is 195 Å². The van der Waals surface area contributed by atoms with Gasteiger partial charge in [0, 0.05) is 36.6 Å². The molecule has 0 amide bonds. The number of hydrogen-bond donors (Lipinski definition) is 3. The molecule has 4 aliphatic heterocycles. The monoisotopic (exact) mass is 464 g/mol. The molecule has 1 saturated heterocycles. The second-order valence-electron chi connectivity index (χ2n) is 9.27. The number of anilines is 1. The number of ether oxygens (including phenoxy) is 1. The number of aliphatic imine (C=N–C) groups is 1. The number of hydrogen-bond acceptors (Lipinski definition) is 8. The normalized spacial score (nSPS) is 28.2. The molecule has 5 heterocycles. The maximum atomic E-state index is 14.7. The van der Waals surface area contributed by atoms with Crippen LogP contribution in [0.5, 0.6) is 0 Å². The highest BCUT2D eigenvalue weighted by Crippen LogP contribution is 2.50. The Hall–Kier alpha value is -3.09. The van der Waals surface area contributed by atoms with Gasteiger partial charge in [0.2, 0.25) is 0 Å². The third-order valence-corrected chi connectivity index (χ3v) is 8.29. The highest BCUT2D eigenvalue weighted by atomic mass is 32.1. The van der Waals surface area contributed by atoms with Crippen molar-refractivity contribution in [2.45, 2.75) is 32.4 Å². The van der Waals surface area contributed by atoms with E-state index in [0.29, 0.717) is 40.1 Å². The standard InChI is InChI=1S/C24H25FN6OS/c1-11-3-4-31(8-11)24-29-6-14-15-9-32-10-16(15)18(12(2)20(14)30-24)21-19-13(5-26)23(27)33-22(19)17(25)7-28-21/h6-7,11,20-21,28H,3-4,8-10,27H2,1-2H3,(H,29,30). The fourth-order valence-electron chi connectivity index (χ4n) is 5.61. The predicted molar refractivity (Wildman–Crippen MR) is 127 cm³/mol. The molecule has 6 rings (SSSR count). The second kappa shape index (κ2) is 7.47. The SMILES string of the molecule is CC1=C(C2NC=C(F)c3sc(N)c(C#N)c32)C2=C(COC2)C2=CNC(N3CCC(C)C3)=NC21. The molecule has 0 saturated carbocycles. The van der Waals surface area contributed by atoms with Gasteiger partial charge in [0.25, 0.3) is 0 Å². The van der Waals surface area contributed by atoms with Crippen molar-refractivity contribution in [3.05, 3.63) is 56.3 Å². The van der Waals surface area contributed by atoms with Crippen molar-refractivity contribution >= 4 is 28.1 Å². The van der Waals surface area contributed by atoms with Crippen molar-refractivity contribution in [1.29, 1.82) is 5.26 Å². The third kappa shape index (κ3) is 2.97. The van der Waals surface area contributed by atoms with Crippen LogP contribution < -0.4 is 16.4 Å². The summed E-state index contributed by atoms with van der Waals surface area (Å²) in [4.78, 5) is 7.87. The molecule has 1 aromatic heterocycles. The second-order valence-corrected chi connectivity index (χ2v) is 10.3. The Bertz CT molecular complexity index is 1260. The van der Waals surface area contributed by atoms with Crippen LogP contribution in [0.3, 0.4) is 0 Å². The molecule has 1 aromatic rings. The molecule has 9 heteroatoms. The van der Waals surface area contributed by atoms with Gasteiger partial charge in [0.1, 0.15) is 17.1 Å². The Morgan fingerprint density at radius 1 is 1.33 bits per heavy atom. The summed E-state index contributed by atoms with van der Waals surface area (Å²) in [6.07, 6.45) is 4.62. The molecule has 7 nitrogen and oxygen atoms in total. The summed E-state index contributed by atoms with van der Waals surface area (Å²) in [5.41, 5.74) is 12.5. The van der Waals surface area contributed by atoms with Crippen molar-refractivity contribution in [3.8, 4) is 6.07 Å². The van der Waals surface area contributed by atoms with E-state index in [4.69, 9.17) is 15.5 Å². The number of nitriles is 1. The van der Waals surface area contributed by atoms with Gasteiger partial charge in [-0.3, -0.25) is 0 Å². The number of thiophene rings is 1. The van der Waals surface area contributed by atoms with Gasteiger partial charge in [-0.15, -0.1) is 11.3 Å². The first-order valence-electron chi connectivity index (χ1n) is 11.2. The summed E-state index contributed by atoms with van der Waals surface area (Å²) < 4.78 is 20.6. The average Bonchev–Trinajstić information content (AvgIpc) is 3.53. The molecule has 5 aliphatic rings. The molecule has 0 radical (unpaired) electrons. The van der Waals surface area contributed by atoms with Crippen molar-refractivity contribution in [1.82, 2.24) is 15.5 Å². The van der Waals surface area contributed by atoms with Gasteiger partial charge in [-0.2, -0.15) is 5.26 Å². The van der Waals surface area contributed by atoms with E-state index in [1.54, 1.807) is 0 Å². The number of fused-ring (bicyclic) bond motifs is 3. The molecule has 170 valence electrons. The number of nitrogens with one attached hydrogen (secondary N) is 2. The maximum absolute atomic E-state index is 14.7. The van der Waals surface area contributed by atoms with Crippen molar-refractivity contribution in [2.75, 3.05) is 32.0 Å². The van der Waals surface area contributed by atoms with Crippen LogP contribution in [0.1, 0.15) is 42.3 Å². The quantitative estimate of drug-likeness (QED) is 0.590. The molecule has 3 atom stereocenters. The summed E-state index contributed by atoms with van der Waals surface area (Å²) >= 11 is 1.13. The number of nitrogens with zero attached hydrogens (tertiary/aromatic N) is 3. The van der Waals surface area contributed by atoms with Gasteiger partial charge in [-0.1, -0.05) is 6.92 Å². The Morgan fingerprint density at radius 3 is 2.91 bits per heavy atom. The van der Waals surface area contributed by atoms with Gasteiger partial charge in [-0.05, 0) is 41.6 Å². The first-order chi connectivity index (χ1) is 16.0. The number of rotatable bonds is 1. The minimum atomic E-state index is -0.392. The van der Waals surface area contributed by atoms with Crippen LogP contribution in [0.2, 0.25) is 0 Å². The van der Waals surface area contributed by atoms with E-state index < -0.39 is 5.83 Å². The molecule has 0 bridgehead atoms. The van der Waals surface area contributed by atoms with Crippen LogP contribution in [-0.2, 0) is 4.74 Å². The number of halogens is 1. The van der Waals surface area contributed by atoms with Crippen LogP contribution in [-0.4, -0.2) is 43.2 Å². The maximum Gasteiger partial charge on any atom is 0.198 e. The van der Waals surface area contributed by atoms with Crippen molar-refractivity contribution in [2.24, 2.45) is 10.9 Å². The fraction of sp³-hybridized carbons (Fsp3) is 0.417. The van der Waals surface area contributed by atoms with E-state index in [1.807, 2.05) is 0 Å². The molecule has 0 aromatic carbocycles. The van der Waals surface area contributed by atoms with E-state index in [1.165, 1.54) is 6.20 Å². The number of nitrogens with two attached hydrogens (primary N) is 1. The van der Waals surface area contributed by atoms with Gasteiger partial charge < -0.3 is 26.0 Å². The summed E-state index contributed by atoms with van der Waals surface area (Å²) in [6.45, 7) is 7.33. The summed E-state index contributed by atoms with van der Waals surface area (Å²) in [5, 5.41) is 16.8. The molecule has 1 fully saturated rings. The highest BCUT2D eigenvalue weighted by molar-refractivity contribution is 7.17. The summed E-state index contributed by atoms with van der Waals surface area (Å²) in [5.74, 6) is 1.16.